The maximum Gasteiger partial charge on any atom is 0.268 e. The van der Waals surface area contributed by atoms with Crippen LogP contribution in [0.15, 0.2) is 58.4 Å². The summed E-state index contributed by atoms with van der Waals surface area (Å²) in [4.78, 5) is 43.4. The molecule has 0 aliphatic rings. The fraction of sp³-hybridized carbons (Fsp3) is 0.130. The summed E-state index contributed by atoms with van der Waals surface area (Å²) in [6.07, 6.45) is 0.0591. The van der Waals surface area contributed by atoms with Crippen LogP contribution in [0.5, 0.6) is 0 Å². The van der Waals surface area contributed by atoms with Crippen molar-refractivity contribution < 1.29 is 18.8 Å². The second-order valence-electron chi connectivity index (χ2n) is 7.41. The number of benzene rings is 2. The molecule has 4 rings (SSSR count). The smallest absolute Gasteiger partial charge is 0.268 e. The number of carbonyl (C=O) groups excluding carboxylic acids is 3. The van der Waals surface area contributed by atoms with Crippen LogP contribution < -0.4 is 16.0 Å². The van der Waals surface area contributed by atoms with Crippen molar-refractivity contribution in [1.82, 2.24) is 9.55 Å². The first kappa shape index (κ1) is 23.6. The Morgan fingerprint density at radius 2 is 1.88 bits per heavy atom. The van der Waals surface area contributed by atoms with Gasteiger partial charge < -0.3 is 15.2 Å². The summed E-state index contributed by atoms with van der Waals surface area (Å²) in [6.45, 7) is 0.222. The molecule has 2 aromatic carbocycles. The number of imidazole rings is 1. The van der Waals surface area contributed by atoms with Gasteiger partial charge in [0.15, 0.2) is 0 Å². The number of aromatic nitrogens is 2. The monoisotopic (exact) mass is 543 g/mol. The average molecular weight is 544 g/mol. The molecule has 0 saturated heterocycles. The number of nitrogens with one attached hydrogen (secondary N) is 1. The lowest BCUT2D eigenvalue weighted by Crippen LogP contribution is -2.26. The normalized spacial score (nSPS) is 10.9. The zero-order valence-electron chi connectivity index (χ0n) is 17.9. The SMILES string of the molecule is CN(C(=O)c1ccc(F)cc1)c1ccc2c(c1)nc(NC(=O)c1ccc(Br)s1)n2CCC(N)=O. The summed E-state index contributed by atoms with van der Waals surface area (Å²) in [6, 6.07) is 13.9. The highest BCUT2D eigenvalue weighted by molar-refractivity contribution is 9.11. The molecule has 0 fully saturated rings. The van der Waals surface area contributed by atoms with E-state index in [1.807, 2.05) is 0 Å². The van der Waals surface area contributed by atoms with Gasteiger partial charge in [0.1, 0.15) is 5.82 Å². The first-order valence-corrected chi connectivity index (χ1v) is 11.7. The Balaban J connectivity index is 1.67. The van der Waals surface area contributed by atoms with E-state index in [0.29, 0.717) is 27.2 Å². The molecule has 0 radical (unpaired) electrons. The lowest BCUT2D eigenvalue weighted by Gasteiger charge is -2.17. The number of hydrogen-bond donors (Lipinski definition) is 2. The van der Waals surface area contributed by atoms with E-state index in [4.69, 9.17) is 5.73 Å². The molecular formula is C23H19BrFN5O3S. The Morgan fingerprint density at radius 3 is 2.53 bits per heavy atom. The molecule has 8 nitrogen and oxygen atoms in total. The van der Waals surface area contributed by atoms with Gasteiger partial charge in [-0.1, -0.05) is 0 Å². The van der Waals surface area contributed by atoms with E-state index in [-0.39, 0.29) is 30.7 Å². The third-order valence-electron chi connectivity index (χ3n) is 5.12. The van der Waals surface area contributed by atoms with E-state index in [9.17, 15) is 18.8 Å². The van der Waals surface area contributed by atoms with Gasteiger partial charge in [0.2, 0.25) is 11.9 Å². The zero-order chi connectivity index (χ0) is 24.4. The van der Waals surface area contributed by atoms with Crippen molar-refractivity contribution >= 4 is 67.7 Å². The minimum absolute atomic E-state index is 0.0591. The molecule has 3 amide bonds. The number of rotatable bonds is 7. The highest BCUT2D eigenvalue weighted by Gasteiger charge is 2.19. The second-order valence-corrected chi connectivity index (χ2v) is 9.87. The third kappa shape index (κ3) is 5.00. The Morgan fingerprint density at radius 1 is 1.15 bits per heavy atom. The minimum atomic E-state index is -0.484. The number of nitrogens with zero attached hydrogens (tertiary/aromatic N) is 3. The molecule has 34 heavy (non-hydrogen) atoms. The Hall–Kier alpha value is -3.57. The third-order valence-corrected chi connectivity index (χ3v) is 6.74. The molecule has 2 heterocycles. The lowest BCUT2D eigenvalue weighted by molar-refractivity contribution is -0.118. The highest BCUT2D eigenvalue weighted by atomic mass is 79.9. The molecule has 0 saturated carbocycles. The van der Waals surface area contributed by atoms with Gasteiger partial charge in [-0.25, -0.2) is 9.37 Å². The van der Waals surface area contributed by atoms with Crippen LogP contribution in [-0.2, 0) is 11.3 Å². The molecular weight excluding hydrogens is 525 g/mol. The molecule has 0 unspecified atom stereocenters. The van der Waals surface area contributed by atoms with Gasteiger partial charge in [0.05, 0.1) is 19.7 Å². The number of aryl methyl sites for hydroxylation is 1. The van der Waals surface area contributed by atoms with Gasteiger partial charge in [-0.05, 0) is 70.5 Å². The lowest BCUT2D eigenvalue weighted by atomic mass is 10.2. The number of primary amides is 1. The molecule has 4 aromatic rings. The van der Waals surface area contributed by atoms with Crippen molar-refractivity contribution in [3.63, 3.8) is 0 Å². The van der Waals surface area contributed by atoms with Gasteiger partial charge in [-0.2, -0.15) is 0 Å². The standard InChI is InChI=1S/C23H19BrFN5O3S/c1-29(22(33)13-2-4-14(25)5-3-13)15-6-7-17-16(12-15)27-23(30(17)11-10-20(26)31)28-21(32)18-8-9-19(24)34-18/h2-9,12H,10-11H2,1H3,(H2,26,31)(H,27,28,32). The van der Waals surface area contributed by atoms with Crippen molar-refractivity contribution in [3.8, 4) is 0 Å². The van der Waals surface area contributed by atoms with Gasteiger partial charge >= 0.3 is 0 Å². The fourth-order valence-electron chi connectivity index (χ4n) is 3.37. The fourth-order valence-corrected chi connectivity index (χ4v) is 4.65. The summed E-state index contributed by atoms with van der Waals surface area (Å²) in [5.41, 5.74) is 7.40. The van der Waals surface area contributed by atoms with Crippen LogP contribution >= 0.6 is 27.3 Å². The number of amides is 3. The number of nitrogens with two attached hydrogens (primary N) is 1. The van der Waals surface area contributed by atoms with E-state index < -0.39 is 11.7 Å². The van der Waals surface area contributed by atoms with Crippen LogP contribution in [0, 0.1) is 5.82 Å². The predicted molar refractivity (Wildman–Crippen MR) is 133 cm³/mol. The van der Waals surface area contributed by atoms with Crippen LogP contribution in [-0.4, -0.2) is 34.3 Å². The largest absolute Gasteiger partial charge is 0.370 e. The first-order valence-electron chi connectivity index (χ1n) is 10.1. The number of carbonyl (C=O) groups is 3. The molecule has 174 valence electrons. The maximum atomic E-state index is 13.2. The Bertz CT molecular complexity index is 1400. The number of fused-ring (bicyclic) bond motifs is 1. The quantitative estimate of drug-likeness (QED) is 0.359. The molecule has 11 heteroatoms. The maximum absolute atomic E-state index is 13.2. The van der Waals surface area contributed by atoms with Gasteiger partial charge in [-0.15, -0.1) is 11.3 Å². The molecule has 3 N–H and O–H groups in total. The summed E-state index contributed by atoms with van der Waals surface area (Å²) in [7, 11) is 1.61. The molecule has 0 atom stereocenters. The average Bonchev–Trinajstić information content (AvgIpc) is 3.39. The van der Waals surface area contributed by atoms with Crippen molar-refractivity contribution in [3.05, 3.63) is 74.6 Å². The summed E-state index contributed by atoms with van der Waals surface area (Å²) in [5.74, 6) is -1.30. The van der Waals surface area contributed by atoms with E-state index in [2.05, 4.69) is 26.2 Å². The molecule has 0 bridgehead atoms. The number of anilines is 2. The van der Waals surface area contributed by atoms with Crippen molar-refractivity contribution in [2.24, 2.45) is 5.73 Å². The summed E-state index contributed by atoms with van der Waals surface area (Å²) < 4.78 is 15.7. The molecule has 0 aliphatic carbocycles. The van der Waals surface area contributed by atoms with Crippen LogP contribution in [0.1, 0.15) is 26.5 Å². The molecule has 0 spiro atoms. The number of thiophene rings is 1. The van der Waals surface area contributed by atoms with Crippen LogP contribution in [0.4, 0.5) is 16.0 Å². The van der Waals surface area contributed by atoms with Crippen molar-refractivity contribution in [2.45, 2.75) is 13.0 Å². The van der Waals surface area contributed by atoms with Gasteiger partial charge in [0.25, 0.3) is 11.8 Å². The molecule has 2 aromatic heterocycles. The van der Waals surface area contributed by atoms with E-state index >= 15 is 0 Å². The second kappa shape index (κ2) is 9.74. The topological polar surface area (TPSA) is 110 Å². The predicted octanol–water partition coefficient (Wildman–Crippen LogP) is 4.40. The summed E-state index contributed by atoms with van der Waals surface area (Å²) in [5, 5.41) is 2.79. The van der Waals surface area contributed by atoms with Crippen LogP contribution in [0.2, 0.25) is 0 Å². The Kier molecular flexibility index (Phi) is 6.75. The first-order chi connectivity index (χ1) is 16.2. The van der Waals surface area contributed by atoms with Gasteiger partial charge in [-0.3, -0.25) is 19.7 Å². The highest BCUT2D eigenvalue weighted by Crippen LogP contribution is 2.27. The van der Waals surface area contributed by atoms with Crippen LogP contribution in [0.3, 0.4) is 0 Å². The van der Waals surface area contributed by atoms with Crippen molar-refractivity contribution in [2.75, 3.05) is 17.3 Å². The van der Waals surface area contributed by atoms with E-state index in [1.54, 1.807) is 41.9 Å². The number of hydrogen-bond acceptors (Lipinski definition) is 5. The van der Waals surface area contributed by atoms with Crippen molar-refractivity contribution in [1.29, 1.82) is 0 Å². The summed E-state index contributed by atoms with van der Waals surface area (Å²) >= 11 is 4.62. The number of halogens is 2. The van der Waals surface area contributed by atoms with E-state index in [0.717, 1.165) is 3.79 Å². The van der Waals surface area contributed by atoms with E-state index in [1.165, 1.54) is 40.5 Å². The van der Waals surface area contributed by atoms with Crippen LogP contribution in [0.25, 0.3) is 11.0 Å². The zero-order valence-corrected chi connectivity index (χ0v) is 20.3. The molecule has 0 aliphatic heterocycles. The minimum Gasteiger partial charge on any atom is -0.370 e. The van der Waals surface area contributed by atoms with Gasteiger partial charge in [0, 0.05) is 31.3 Å². The Labute approximate surface area is 206 Å².